The monoisotopic (exact) mass is 387 g/mol. The summed E-state index contributed by atoms with van der Waals surface area (Å²) in [5, 5.41) is 14.4. The standard InChI is InChI=1S/C19H18ClN3O4/c1-12-16(3-2-4-17(12)23(26)27)19(25)21-10-13-9-18(24)22(11-13)15-7-5-14(20)6-8-15/h2-8,13H,9-11H2,1H3,(H,21,25). The lowest BCUT2D eigenvalue weighted by Gasteiger charge is -2.17. The molecule has 0 saturated carbocycles. The van der Waals surface area contributed by atoms with Crippen molar-refractivity contribution in [1.82, 2.24) is 5.32 Å². The molecule has 0 radical (unpaired) electrons. The summed E-state index contributed by atoms with van der Waals surface area (Å²) in [5.74, 6) is -0.423. The molecule has 0 bridgehead atoms. The third-order valence-corrected chi connectivity index (χ3v) is 4.89. The van der Waals surface area contributed by atoms with Crippen LogP contribution < -0.4 is 10.2 Å². The van der Waals surface area contributed by atoms with Crippen molar-refractivity contribution in [3.63, 3.8) is 0 Å². The number of benzene rings is 2. The smallest absolute Gasteiger partial charge is 0.273 e. The Labute approximate surface area is 161 Å². The van der Waals surface area contributed by atoms with E-state index in [-0.39, 0.29) is 29.0 Å². The van der Waals surface area contributed by atoms with Crippen molar-refractivity contribution >= 4 is 34.8 Å². The zero-order chi connectivity index (χ0) is 19.6. The summed E-state index contributed by atoms with van der Waals surface area (Å²) >= 11 is 5.88. The van der Waals surface area contributed by atoms with Crippen molar-refractivity contribution in [2.75, 3.05) is 18.0 Å². The van der Waals surface area contributed by atoms with Crippen LogP contribution in [0.1, 0.15) is 22.3 Å². The van der Waals surface area contributed by atoms with Gasteiger partial charge in [0.1, 0.15) is 0 Å². The van der Waals surface area contributed by atoms with E-state index < -0.39 is 4.92 Å². The van der Waals surface area contributed by atoms with Crippen LogP contribution >= 0.6 is 11.6 Å². The van der Waals surface area contributed by atoms with E-state index in [0.29, 0.717) is 30.1 Å². The fourth-order valence-electron chi connectivity index (χ4n) is 3.19. The van der Waals surface area contributed by atoms with E-state index >= 15 is 0 Å². The molecule has 1 unspecified atom stereocenters. The van der Waals surface area contributed by atoms with E-state index in [4.69, 9.17) is 11.6 Å². The molecule has 8 heteroatoms. The minimum absolute atomic E-state index is 0.0110. The Morgan fingerprint density at radius 2 is 2.00 bits per heavy atom. The maximum absolute atomic E-state index is 12.4. The van der Waals surface area contributed by atoms with Crippen molar-refractivity contribution in [3.8, 4) is 0 Å². The lowest BCUT2D eigenvalue weighted by atomic mass is 10.1. The predicted octanol–water partition coefficient (Wildman–Crippen LogP) is 3.34. The number of nitro groups is 1. The zero-order valence-corrected chi connectivity index (χ0v) is 15.4. The summed E-state index contributed by atoms with van der Waals surface area (Å²) in [4.78, 5) is 36.9. The van der Waals surface area contributed by atoms with Gasteiger partial charge in [0.05, 0.1) is 4.92 Å². The Balaban J connectivity index is 1.63. The van der Waals surface area contributed by atoms with Crippen LogP contribution in [0.15, 0.2) is 42.5 Å². The maximum Gasteiger partial charge on any atom is 0.273 e. The number of amides is 2. The number of hydrogen-bond donors (Lipinski definition) is 1. The molecule has 0 aromatic heterocycles. The van der Waals surface area contributed by atoms with Crippen LogP contribution in [0.25, 0.3) is 0 Å². The van der Waals surface area contributed by atoms with E-state index in [1.54, 1.807) is 42.2 Å². The van der Waals surface area contributed by atoms with Gasteiger partial charge in [0.25, 0.3) is 11.6 Å². The quantitative estimate of drug-likeness (QED) is 0.629. The van der Waals surface area contributed by atoms with Crippen LogP contribution in [0, 0.1) is 23.0 Å². The second-order valence-corrected chi connectivity index (χ2v) is 6.90. The first-order chi connectivity index (χ1) is 12.9. The number of halogens is 1. The summed E-state index contributed by atoms with van der Waals surface area (Å²) in [7, 11) is 0. The van der Waals surface area contributed by atoms with Crippen LogP contribution in [0.2, 0.25) is 5.02 Å². The van der Waals surface area contributed by atoms with Gasteiger partial charge >= 0.3 is 0 Å². The van der Waals surface area contributed by atoms with Crippen molar-refractivity contribution < 1.29 is 14.5 Å². The van der Waals surface area contributed by atoms with Crippen molar-refractivity contribution in [3.05, 3.63) is 68.7 Å². The normalized spacial score (nSPS) is 16.4. The molecule has 1 saturated heterocycles. The third-order valence-electron chi connectivity index (χ3n) is 4.64. The van der Waals surface area contributed by atoms with Crippen molar-refractivity contribution in [2.24, 2.45) is 5.92 Å². The van der Waals surface area contributed by atoms with Gasteiger partial charge in [-0.25, -0.2) is 0 Å². The number of nitrogens with zero attached hydrogens (tertiary/aromatic N) is 2. The number of nitro benzene ring substituents is 1. The number of nitrogens with one attached hydrogen (secondary N) is 1. The Hall–Kier alpha value is -2.93. The number of carbonyl (C=O) groups is 2. The molecule has 1 heterocycles. The molecular weight excluding hydrogens is 370 g/mol. The average Bonchev–Trinajstić information content (AvgIpc) is 3.01. The predicted molar refractivity (Wildman–Crippen MR) is 102 cm³/mol. The highest BCUT2D eigenvalue weighted by Crippen LogP contribution is 2.26. The highest BCUT2D eigenvalue weighted by atomic mass is 35.5. The molecule has 1 atom stereocenters. The van der Waals surface area contributed by atoms with Gasteiger partial charge in [-0.3, -0.25) is 19.7 Å². The lowest BCUT2D eigenvalue weighted by molar-refractivity contribution is -0.385. The van der Waals surface area contributed by atoms with Gasteiger partial charge in [0, 0.05) is 53.3 Å². The van der Waals surface area contributed by atoms with Crippen LogP contribution in [0.3, 0.4) is 0 Å². The van der Waals surface area contributed by atoms with Crippen LogP contribution in [-0.2, 0) is 4.79 Å². The van der Waals surface area contributed by atoms with Gasteiger partial charge < -0.3 is 10.2 Å². The molecule has 1 N–H and O–H groups in total. The van der Waals surface area contributed by atoms with Crippen LogP contribution in [0.4, 0.5) is 11.4 Å². The van der Waals surface area contributed by atoms with Gasteiger partial charge in [-0.05, 0) is 37.3 Å². The third kappa shape index (κ3) is 4.09. The van der Waals surface area contributed by atoms with E-state index in [1.165, 1.54) is 12.1 Å². The number of rotatable bonds is 5. The van der Waals surface area contributed by atoms with Gasteiger partial charge in [-0.15, -0.1) is 0 Å². The number of carbonyl (C=O) groups excluding carboxylic acids is 2. The molecule has 3 rings (SSSR count). The maximum atomic E-state index is 12.4. The fraction of sp³-hybridized carbons (Fsp3) is 0.263. The molecule has 0 spiro atoms. The molecule has 1 aliphatic heterocycles. The Kier molecular flexibility index (Phi) is 5.41. The summed E-state index contributed by atoms with van der Waals surface area (Å²) in [5.41, 5.74) is 1.27. The molecule has 140 valence electrons. The fourth-order valence-corrected chi connectivity index (χ4v) is 3.31. The molecule has 1 aliphatic rings. The topological polar surface area (TPSA) is 92.6 Å². The highest BCUT2D eigenvalue weighted by Gasteiger charge is 2.31. The summed E-state index contributed by atoms with van der Waals surface area (Å²) in [6, 6.07) is 11.4. The van der Waals surface area contributed by atoms with E-state index in [9.17, 15) is 19.7 Å². The molecule has 7 nitrogen and oxygen atoms in total. The second kappa shape index (κ2) is 7.75. The van der Waals surface area contributed by atoms with E-state index in [0.717, 1.165) is 5.69 Å². The highest BCUT2D eigenvalue weighted by molar-refractivity contribution is 6.30. The van der Waals surface area contributed by atoms with Gasteiger partial charge in [-0.1, -0.05) is 17.7 Å². The Bertz CT molecular complexity index is 898. The average molecular weight is 388 g/mol. The van der Waals surface area contributed by atoms with Crippen molar-refractivity contribution in [2.45, 2.75) is 13.3 Å². The Morgan fingerprint density at radius 3 is 2.67 bits per heavy atom. The lowest BCUT2D eigenvalue weighted by Crippen LogP contribution is -2.31. The zero-order valence-electron chi connectivity index (χ0n) is 14.6. The van der Waals surface area contributed by atoms with Gasteiger partial charge in [-0.2, -0.15) is 0 Å². The summed E-state index contributed by atoms with van der Waals surface area (Å²) < 4.78 is 0. The van der Waals surface area contributed by atoms with Gasteiger partial charge in [0.15, 0.2) is 0 Å². The van der Waals surface area contributed by atoms with Gasteiger partial charge in [0.2, 0.25) is 5.91 Å². The summed E-state index contributed by atoms with van der Waals surface area (Å²) in [6.45, 7) is 2.36. The molecular formula is C19H18ClN3O4. The Morgan fingerprint density at radius 1 is 1.30 bits per heavy atom. The first-order valence-corrected chi connectivity index (χ1v) is 8.82. The minimum atomic E-state index is -0.508. The SMILES string of the molecule is Cc1c(C(=O)NCC2CC(=O)N(c3ccc(Cl)cc3)C2)cccc1[N+](=O)[O-]. The molecule has 27 heavy (non-hydrogen) atoms. The molecule has 2 aromatic carbocycles. The first kappa shape index (κ1) is 18.8. The number of anilines is 1. The summed E-state index contributed by atoms with van der Waals surface area (Å²) in [6.07, 6.45) is 0.330. The molecule has 2 aromatic rings. The molecule has 1 fully saturated rings. The largest absolute Gasteiger partial charge is 0.352 e. The minimum Gasteiger partial charge on any atom is -0.352 e. The van der Waals surface area contributed by atoms with E-state index in [1.807, 2.05) is 0 Å². The van der Waals surface area contributed by atoms with Crippen molar-refractivity contribution in [1.29, 1.82) is 0 Å². The molecule has 0 aliphatic carbocycles. The van der Waals surface area contributed by atoms with E-state index in [2.05, 4.69) is 5.32 Å². The molecule has 2 amide bonds. The first-order valence-electron chi connectivity index (χ1n) is 8.45. The van der Waals surface area contributed by atoms with Crippen LogP contribution in [-0.4, -0.2) is 29.8 Å². The second-order valence-electron chi connectivity index (χ2n) is 6.47. The van der Waals surface area contributed by atoms with Crippen LogP contribution in [0.5, 0.6) is 0 Å². The number of hydrogen-bond acceptors (Lipinski definition) is 4.